The number of carboxylic acid groups (broad SMARTS) is 2. The summed E-state index contributed by atoms with van der Waals surface area (Å²) in [5.41, 5.74) is 15.8. The van der Waals surface area contributed by atoms with Gasteiger partial charge in [-0.2, -0.15) is 0 Å². The summed E-state index contributed by atoms with van der Waals surface area (Å²) in [6, 6.07) is -3.92. The maximum absolute atomic E-state index is 12.6. The van der Waals surface area contributed by atoms with Gasteiger partial charge in [0.05, 0.1) is 6.61 Å². The molecule has 0 rings (SSSR count). The van der Waals surface area contributed by atoms with Crippen LogP contribution in [0.4, 0.5) is 0 Å². The van der Waals surface area contributed by atoms with Crippen molar-refractivity contribution in [2.75, 3.05) is 19.7 Å². The van der Waals surface area contributed by atoms with Crippen LogP contribution in [0, 0.1) is 0 Å². The van der Waals surface area contributed by atoms with E-state index in [1.165, 1.54) is 0 Å². The van der Waals surface area contributed by atoms with Crippen molar-refractivity contribution in [3.63, 3.8) is 0 Å². The fourth-order valence-corrected chi connectivity index (χ4v) is 2.23. The van der Waals surface area contributed by atoms with Gasteiger partial charge >= 0.3 is 11.9 Å². The molecule has 0 bridgehead atoms. The molecule has 0 aromatic carbocycles. The second-order valence-corrected chi connectivity index (χ2v) is 6.40. The largest absolute Gasteiger partial charge is 0.481 e. The quantitative estimate of drug-likeness (QED) is 0.0654. The summed E-state index contributed by atoms with van der Waals surface area (Å²) in [6.07, 6.45) is -0.537. The molecular weight excluding hydrogens is 418 g/mol. The van der Waals surface area contributed by atoms with Gasteiger partial charge in [-0.25, -0.2) is 0 Å². The Morgan fingerprint density at radius 3 is 1.97 bits per heavy atom. The molecule has 3 atom stereocenters. The zero-order valence-electron chi connectivity index (χ0n) is 16.7. The Bertz CT molecular complexity index is 681. The molecule has 15 heteroatoms. The Labute approximate surface area is 177 Å². The first kappa shape index (κ1) is 27.5. The average Bonchev–Trinajstić information content (AvgIpc) is 2.69. The molecular formula is C16H29N7O8. The number of rotatable bonds is 15. The number of aliphatic hydroxyl groups excluding tert-OH is 1. The first-order valence-corrected chi connectivity index (χ1v) is 9.21. The number of guanidine groups is 1. The van der Waals surface area contributed by atoms with E-state index in [2.05, 4.69) is 20.9 Å². The lowest BCUT2D eigenvalue weighted by Crippen LogP contribution is -2.56. The van der Waals surface area contributed by atoms with Crippen molar-refractivity contribution in [1.29, 1.82) is 0 Å². The van der Waals surface area contributed by atoms with Crippen molar-refractivity contribution in [2.45, 2.75) is 43.8 Å². The number of nitrogens with one attached hydrogen (secondary N) is 3. The molecule has 31 heavy (non-hydrogen) atoms. The molecule has 0 radical (unpaired) electrons. The number of nitrogens with zero attached hydrogens (tertiary/aromatic N) is 1. The summed E-state index contributed by atoms with van der Waals surface area (Å²) in [4.78, 5) is 62.0. The number of carbonyl (C=O) groups is 5. The second-order valence-electron chi connectivity index (χ2n) is 6.40. The lowest BCUT2D eigenvalue weighted by molar-refractivity contribution is -0.138. The Morgan fingerprint density at radius 1 is 0.871 bits per heavy atom. The third kappa shape index (κ3) is 12.7. The highest BCUT2D eigenvalue weighted by Crippen LogP contribution is 2.04. The van der Waals surface area contributed by atoms with Crippen LogP contribution in [-0.2, 0) is 24.0 Å². The first-order valence-electron chi connectivity index (χ1n) is 9.21. The number of carbonyl (C=O) groups excluding carboxylic acids is 3. The third-order valence-corrected chi connectivity index (χ3v) is 3.81. The molecule has 176 valence electrons. The third-order valence-electron chi connectivity index (χ3n) is 3.81. The van der Waals surface area contributed by atoms with Crippen molar-refractivity contribution in [2.24, 2.45) is 22.2 Å². The summed E-state index contributed by atoms with van der Waals surface area (Å²) in [7, 11) is 0. The summed E-state index contributed by atoms with van der Waals surface area (Å²) >= 11 is 0. The van der Waals surface area contributed by atoms with Crippen LogP contribution >= 0.6 is 0 Å². The minimum atomic E-state index is -1.37. The van der Waals surface area contributed by atoms with Crippen LogP contribution in [0.15, 0.2) is 4.99 Å². The number of aliphatic imine (C=N–C) groups is 1. The van der Waals surface area contributed by atoms with Crippen molar-refractivity contribution in [3.8, 4) is 0 Å². The summed E-state index contributed by atoms with van der Waals surface area (Å²) in [6.45, 7) is -1.26. The summed E-state index contributed by atoms with van der Waals surface area (Å²) < 4.78 is 0. The molecule has 0 heterocycles. The predicted octanol–water partition coefficient (Wildman–Crippen LogP) is -4.61. The molecule has 0 aliphatic carbocycles. The van der Waals surface area contributed by atoms with Crippen LogP contribution in [0.5, 0.6) is 0 Å². The second kappa shape index (κ2) is 14.5. The number of aliphatic hydroxyl groups is 1. The van der Waals surface area contributed by atoms with Gasteiger partial charge in [-0.05, 0) is 19.3 Å². The highest BCUT2D eigenvalue weighted by molar-refractivity contribution is 5.93. The molecule has 0 unspecified atom stereocenters. The Kier molecular flexibility index (Phi) is 12.9. The molecule has 0 saturated heterocycles. The van der Waals surface area contributed by atoms with Gasteiger partial charge in [0.15, 0.2) is 5.96 Å². The Hall–Kier alpha value is -3.46. The van der Waals surface area contributed by atoms with Gasteiger partial charge in [-0.15, -0.1) is 0 Å². The minimum absolute atomic E-state index is 0.0176. The number of carboxylic acids is 2. The maximum Gasteiger partial charge on any atom is 0.322 e. The van der Waals surface area contributed by atoms with E-state index < -0.39 is 67.4 Å². The zero-order valence-corrected chi connectivity index (χ0v) is 16.7. The van der Waals surface area contributed by atoms with Gasteiger partial charge in [0.25, 0.3) is 0 Å². The van der Waals surface area contributed by atoms with E-state index in [-0.39, 0.29) is 31.8 Å². The zero-order chi connectivity index (χ0) is 24.0. The summed E-state index contributed by atoms with van der Waals surface area (Å²) in [5, 5.41) is 33.2. The van der Waals surface area contributed by atoms with E-state index in [9.17, 15) is 24.0 Å². The molecule has 0 saturated carbocycles. The van der Waals surface area contributed by atoms with Crippen LogP contribution in [0.3, 0.4) is 0 Å². The van der Waals surface area contributed by atoms with Crippen LogP contribution < -0.4 is 33.2 Å². The topological polar surface area (TPSA) is 273 Å². The van der Waals surface area contributed by atoms with Gasteiger partial charge in [-0.1, -0.05) is 0 Å². The van der Waals surface area contributed by atoms with Gasteiger partial charge in [0.2, 0.25) is 17.7 Å². The lowest BCUT2D eigenvalue weighted by atomic mass is 10.1. The van der Waals surface area contributed by atoms with Gasteiger partial charge < -0.3 is 48.5 Å². The van der Waals surface area contributed by atoms with Crippen molar-refractivity contribution in [3.05, 3.63) is 0 Å². The molecule has 12 N–H and O–H groups in total. The van der Waals surface area contributed by atoms with Crippen molar-refractivity contribution >= 4 is 35.6 Å². The number of amides is 3. The molecule has 0 aliphatic rings. The van der Waals surface area contributed by atoms with E-state index >= 15 is 0 Å². The van der Waals surface area contributed by atoms with Gasteiger partial charge in [0.1, 0.15) is 24.7 Å². The van der Waals surface area contributed by atoms with Crippen LogP contribution in [0.1, 0.15) is 25.7 Å². The van der Waals surface area contributed by atoms with E-state index in [1.54, 1.807) is 0 Å². The lowest BCUT2D eigenvalue weighted by Gasteiger charge is -2.23. The fourth-order valence-electron chi connectivity index (χ4n) is 2.23. The SMILES string of the molecule is NC(N)=NCCC[C@@H](NC(=O)[C@@H](CCC(=O)O)NC(=O)[C@H](N)CO)C(=O)NCC(=O)O. The molecule has 15 nitrogen and oxygen atoms in total. The molecule has 0 aromatic heterocycles. The van der Waals surface area contributed by atoms with E-state index in [1.807, 2.05) is 0 Å². The number of hydrogen-bond donors (Lipinski definition) is 9. The molecule has 0 spiro atoms. The van der Waals surface area contributed by atoms with E-state index in [0.717, 1.165) is 0 Å². The molecule has 0 aromatic rings. The molecule has 0 aliphatic heterocycles. The number of aliphatic carboxylic acids is 2. The fraction of sp³-hybridized carbons (Fsp3) is 0.625. The Balaban J connectivity index is 5.31. The van der Waals surface area contributed by atoms with Gasteiger partial charge in [0, 0.05) is 13.0 Å². The maximum atomic E-state index is 12.6. The normalized spacial score (nSPS) is 13.2. The number of hydrogen-bond acceptors (Lipinski definition) is 8. The molecule has 3 amide bonds. The standard InChI is InChI=1S/C16H29N7O8/c17-8(7-24)13(29)22-10(3-4-11(25)26)15(31)23-9(2-1-5-20-16(18)19)14(30)21-6-12(27)28/h8-10,24H,1-7,17H2,(H,21,30)(H,22,29)(H,23,31)(H,25,26)(H,27,28)(H4,18,19,20)/t8-,9-,10-/m1/s1. The summed E-state index contributed by atoms with van der Waals surface area (Å²) in [5.74, 6) is -5.30. The smallest absolute Gasteiger partial charge is 0.322 e. The van der Waals surface area contributed by atoms with Crippen LogP contribution in [-0.4, -0.2) is 88.8 Å². The first-order chi connectivity index (χ1) is 14.5. The highest BCUT2D eigenvalue weighted by atomic mass is 16.4. The van der Waals surface area contributed by atoms with Gasteiger partial charge in [-0.3, -0.25) is 29.0 Å². The van der Waals surface area contributed by atoms with Crippen LogP contribution in [0.2, 0.25) is 0 Å². The predicted molar refractivity (Wildman–Crippen MR) is 106 cm³/mol. The van der Waals surface area contributed by atoms with E-state index in [4.69, 9.17) is 32.5 Å². The Morgan fingerprint density at radius 2 is 1.45 bits per heavy atom. The van der Waals surface area contributed by atoms with Crippen LogP contribution in [0.25, 0.3) is 0 Å². The number of nitrogens with two attached hydrogens (primary N) is 3. The molecule has 0 fully saturated rings. The average molecular weight is 447 g/mol. The monoisotopic (exact) mass is 447 g/mol. The van der Waals surface area contributed by atoms with Crippen molar-refractivity contribution in [1.82, 2.24) is 16.0 Å². The van der Waals surface area contributed by atoms with E-state index in [0.29, 0.717) is 0 Å². The minimum Gasteiger partial charge on any atom is -0.481 e. The van der Waals surface area contributed by atoms with Crippen molar-refractivity contribution < 1.29 is 39.3 Å². The highest BCUT2D eigenvalue weighted by Gasteiger charge is 2.28.